The summed E-state index contributed by atoms with van der Waals surface area (Å²) in [6, 6.07) is 2.52. The van der Waals surface area contributed by atoms with Gasteiger partial charge in [0.25, 0.3) is 10.0 Å². The molecule has 4 nitrogen and oxygen atoms in total. The van der Waals surface area contributed by atoms with Gasteiger partial charge in [-0.2, -0.15) is 8.78 Å². The Kier molecular flexibility index (Phi) is 3.22. The van der Waals surface area contributed by atoms with E-state index in [4.69, 9.17) is 11.6 Å². The summed E-state index contributed by atoms with van der Waals surface area (Å²) in [4.78, 5) is 3.50. The minimum absolute atomic E-state index is 0.201. The molecule has 0 aliphatic carbocycles. The van der Waals surface area contributed by atoms with E-state index in [2.05, 4.69) is 4.98 Å². The lowest BCUT2D eigenvalue weighted by Crippen LogP contribution is -2.21. The summed E-state index contributed by atoms with van der Waals surface area (Å²) < 4.78 is 46.7. The number of hydrogen-bond donors (Lipinski definition) is 1. The van der Waals surface area contributed by atoms with Gasteiger partial charge in [0, 0.05) is 17.3 Å². The van der Waals surface area contributed by atoms with Gasteiger partial charge in [0.2, 0.25) is 0 Å². The average Bonchev–Trinajstić information content (AvgIpc) is 2.02. The number of aromatic nitrogens is 1. The summed E-state index contributed by atoms with van der Waals surface area (Å²) in [5, 5.41) is 0.201. The zero-order valence-electron chi connectivity index (χ0n) is 6.62. The third-order valence-electron chi connectivity index (χ3n) is 1.20. The quantitative estimate of drug-likeness (QED) is 0.878. The van der Waals surface area contributed by atoms with Crippen LogP contribution in [0, 0.1) is 0 Å². The predicted molar refractivity (Wildman–Crippen MR) is 47.8 cm³/mol. The Morgan fingerprint density at radius 2 is 2.14 bits per heavy atom. The molecule has 0 amide bonds. The number of rotatable bonds is 3. The van der Waals surface area contributed by atoms with Crippen LogP contribution in [0.4, 0.5) is 14.6 Å². The lowest BCUT2D eigenvalue weighted by atomic mass is 10.5. The predicted octanol–water partition coefficient (Wildman–Crippen LogP) is 1.70. The second-order valence-electron chi connectivity index (χ2n) is 2.27. The highest BCUT2D eigenvalue weighted by Gasteiger charge is 2.24. The van der Waals surface area contributed by atoms with Gasteiger partial charge in [-0.05, 0) is 6.07 Å². The minimum atomic E-state index is -4.67. The number of hydrogen-bond acceptors (Lipinski definition) is 3. The van der Waals surface area contributed by atoms with Crippen LogP contribution < -0.4 is 4.72 Å². The molecular formula is C6H5ClF2N2O2S. The van der Waals surface area contributed by atoms with Crippen molar-refractivity contribution >= 4 is 27.4 Å². The first-order chi connectivity index (χ1) is 6.42. The number of nitrogens with one attached hydrogen (secondary N) is 1. The van der Waals surface area contributed by atoms with Crippen LogP contribution in [0.5, 0.6) is 0 Å². The smallest absolute Gasteiger partial charge is 0.263 e. The Balaban J connectivity index is 2.90. The highest BCUT2D eigenvalue weighted by Crippen LogP contribution is 2.15. The molecule has 0 saturated heterocycles. The van der Waals surface area contributed by atoms with E-state index < -0.39 is 15.8 Å². The third kappa shape index (κ3) is 2.78. The molecule has 0 spiro atoms. The molecule has 0 aromatic carbocycles. The number of sulfonamides is 1. The number of nitrogens with zero attached hydrogens (tertiary/aromatic N) is 1. The van der Waals surface area contributed by atoms with Crippen molar-refractivity contribution in [2.45, 2.75) is 5.76 Å². The molecule has 1 N–H and O–H groups in total. The molecule has 78 valence electrons. The summed E-state index contributed by atoms with van der Waals surface area (Å²) in [5.41, 5.74) is 0. The van der Waals surface area contributed by atoms with Gasteiger partial charge in [0.15, 0.2) is 0 Å². The molecule has 1 aromatic rings. The molecule has 0 saturated carbocycles. The van der Waals surface area contributed by atoms with Crippen LogP contribution in [-0.2, 0) is 10.0 Å². The number of anilines is 1. The van der Waals surface area contributed by atoms with Gasteiger partial charge in [-0.3, -0.25) is 4.72 Å². The summed E-state index contributed by atoms with van der Waals surface area (Å²) >= 11 is 5.49. The lowest BCUT2D eigenvalue weighted by Gasteiger charge is -2.05. The van der Waals surface area contributed by atoms with Crippen molar-refractivity contribution in [3.8, 4) is 0 Å². The van der Waals surface area contributed by atoms with Crippen molar-refractivity contribution in [3.63, 3.8) is 0 Å². The van der Waals surface area contributed by atoms with Gasteiger partial charge in [0.05, 0.1) is 0 Å². The van der Waals surface area contributed by atoms with E-state index in [1.807, 2.05) is 0 Å². The zero-order chi connectivity index (χ0) is 10.8. The van der Waals surface area contributed by atoms with E-state index in [-0.39, 0.29) is 10.8 Å². The van der Waals surface area contributed by atoms with Crippen LogP contribution in [0.1, 0.15) is 0 Å². The molecule has 0 bridgehead atoms. The third-order valence-corrected chi connectivity index (χ3v) is 2.40. The number of pyridine rings is 1. The lowest BCUT2D eigenvalue weighted by molar-refractivity contribution is 0.236. The molecule has 0 radical (unpaired) electrons. The van der Waals surface area contributed by atoms with E-state index in [0.717, 1.165) is 6.07 Å². The maximum Gasteiger partial charge on any atom is 0.355 e. The van der Waals surface area contributed by atoms with E-state index in [1.165, 1.54) is 12.3 Å². The molecule has 0 aliphatic rings. The van der Waals surface area contributed by atoms with Gasteiger partial charge in [-0.15, -0.1) is 0 Å². The summed E-state index contributed by atoms with van der Waals surface area (Å²) in [5.74, 6) is -3.74. The highest BCUT2D eigenvalue weighted by molar-refractivity contribution is 7.92. The number of halogens is 3. The SMILES string of the molecule is O=S(=O)(Nc1cc(Cl)ccn1)C(F)F. The molecule has 1 rings (SSSR count). The first kappa shape index (κ1) is 11.1. The monoisotopic (exact) mass is 242 g/mol. The Labute approximate surface area is 84.0 Å². The van der Waals surface area contributed by atoms with Crippen molar-refractivity contribution in [1.29, 1.82) is 0 Å². The molecule has 0 fully saturated rings. The molecule has 1 aromatic heterocycles. The van der Waals surface area contributed by atoms with Crippen molar-refractivity contribution in [2.24, 2.45) is 0 Å². The summed E-state index contributed by atoms with van der Waals surface area (Å²) in [6.07, 6.45) is 1.20. The molecule has 0 unspecified atom stereocenters. The van der Waals surface area contributed by atoms with Crippen molar-refractivity contribution < 1.29 is 17.2 Å². The van der Waals surface area contributed by atoms with Gasteiger partial charge in [-0.25, -0.2) is 13.4 Å². The van der Waals surface area contributed by atoms with Gasteiger partial charge in [-0.1, -0.05) is 11.6 Å². The Morgan fingerprint density at radius 1 is 1.50 bits per heavy atom. The zero-order valence-corrected chi connectivity index (χ0v) is 8.19. The van der Waals surface area contributed by atoms with Crippen molar-refractivity contribution in [3.05, 3.63) is 23.4 Å². The largest absolute Gasteiger partial charge is 0.355 e. The number of alkyl halides is 2. The van der Waals surface area contributed by atoms with Crippen LogP contribution in [0.15, 0.2) is 18.3 Å². The van der Waals surface area contributed by atoms with E-state index in [1.54, 1.807) is 4.72 Å². The van der Waals surface area contributed by atoms with Gasteiger partial charge >= 0.3 is 5.76 Å². The molecule has 1 heterocycles. The van der Waals surface area contributed by atoms with Gasteiger partial charge < -0.3 is 0 Å². The molecule has 0 aliphatic heterocycles. The Bertz CT molecular complexity index is 424. The minimum Gasteiger partial charge on any atom is -0.263 e. The Hall–Kier alpha value is -0.950. The summed E-state index contributed by atoms with van der Waals surface area (Å²) in [7, 11) is -4.67. The first-order valence-corrected chi connectivity index (χ1v) is 5.25. The average molecular weight is 243 g/mol. The second kappa shape index (κ2) is 4.05. The molecule has 8 heteroatoms. The fraction of sp³-hybridized carbons (Fsp3) is 0.167. The van der Waals surface area contributed by atoms with Gasteiger partial charge in [0.1, 0.15) is 5.82 Å². The fourth-order valence-corrected chi connectivity index (χ4v) is 1.30. The van der Waals surface area contributed by atoms with Crippen LogP contribution in [0.3, 0.4) is 0 Å². The van der Waals surface area contributed by atoms with Crippen molar-refractivity contribution in [2.75, 3.05) is 4.72 Å². The van der Waals surface area contributed by atoms with E-state index in [9.17, 15) is 17.2 Å². The van der Waals surface area contributed by atoms with E-state index >= 15 is 0 Å². The van der Waals surface area contributed by atoms with Crippen LogP contribution in [0.25, 0.3) is 0 Å². The van der Waals surface area contributed by atoms with Crippen LogP contribution >= 0.6 is 11.6 Å². The highest BCUT2D eigenvalue weighted by atomic mass is 35.5. The normalized spacial score (nSPS) is 11.7. The van der Waals surface area contributed by atoms with Crippen molar-refractivity contribution in [1.82, 2.24) is 4.98 Å². The first-order valence-electron chi connectivity index (χ1n) is 3.33. The Morgan fingerprint density at radius 3 is 2.64 bits per heavy atom. The molecular weight excluding hydrogens is 238 g/mol. The fourth-order valence-electron chi connectivity index (χ4n) is 0.651. The van der Waals surface area contributed by atoms with Crippen LogP contribution in [0.2, 0.25) is 5.02 Å². The summed E-state index contributed by atoms with van der Waals surface area (Å²) in [6.45, 7) is 0. The topological polar surface area (TPSA) is 59.1 Å². The molecule has 14 heavy (non-hydrogen) atoms. The molecule has 0 atom stereocenters. The van der Waals surface area contributed by atoms with E-state index in [0.29, 0.717) is 0 Å². The maximum absolute atomic E-state index is 11.9. The van der Waals surface area contributed by atoms with Crippen LogP contribution in [-0.4, -0.2) is 19.2 Å². The maximum atomic E-state index is 11.9. The second-order valence-corrected chi connectivity index (χ2v) is 4.35. The standard InChI is InChI=1S/C6H5ClF2N2O2S/c7-4-1-2-10-5(3-4)11-14(12,13)6(8)9/h1-3,6H,(H,10,11).